The van der Waals surface area contributed by atoms with E-state index >= 15 is 0 Å². The third-order valence-corrected chi connectivity index (χ3v) is 5.56. The van der Waals surface area contributed by atoms with Crippen molar-refractivity contribution in [2.75, 3.05) is 11.9 Å². The monoisotopic (exact) mass is 587 g/mol. The molecule has 1 heterocycles. The molecule has 0 spiro atoms. The minimum Gasteiger partial charge on any atom is -0.484 e. The summed E-state index contributed by atoms with van der Waals surface area (Å²) in [7, 11) is 0. The summed E-state index contributed by atoms with van der Waals surface area (Å²) in [5.74, 6) is -0.621. The van der Waals surface area contributed by atoms with E-state index in [0.717, 1.165) is 14.3 Å². The van der Waals surface area contributed by atoms with E-state index < -0.39 is 5.91 Å². The van der Waals surface area contributed by atoms with Gasteiger partial charge in [-0.05, 0) is 88.2 Å². The number of nitrogens with one attached hydrogen (secondary N) is 2. The number of hydrogen-bond donors (Lipinski definition) is 2. The van der Waals surface area contributed by atoms with Gasteiger partial charge in [0.25, 0.3) is 5.91 Å². The Morgan fingerprint density at radius 3 is 2.50 bits per heavy atom. The highest BCUT2D eigenvalue weighted by Crippen LogP contribution is 2.30. The van der Waals surface area contributed by atoms with Crippen LogP contribution in [-0.4, -0.2) is 24.6 Å². The lowest BCUT2D eigenvalue weighted by Gasteiger charge is -2.07. The fourth-order valence-corrected chi connectivity index (χ4v) is 4.28. The minimum atomic E-state index is -0.484. The van der Waals surface area contributed by atoms with Gasteiger partial charge in [0.1, 0.15) is 17.1 Å². The molecular weight excluding hydrogens is 573 g/mol. The Balaban J connectivity index is 1.28. The van der Waals surface area contributed by atoms with Gasteiger partial charge in [-0.1, -0.05) is 15.9 Å². The van der Waals surface area contributed by atoms with Crippen molar-refractivity contribution in [1.82, 2.24) is 5.43 Å². The van der Waals surface area contributed by atoms with Crippen LogP contribution in [0.1, 0.15) is 16.1 Å². The van der Waals surface area contributed by atoms with Crippen LogP contribution in [0, 0.1) is 5.82 Å². The summed E-state index contributed by atoms with van der Waals surface area (Å²) in [6.07, 6.45) is 1.47. The predicted molar refractivity (Wildman–Crippen MR) is 134 cm³/mol. The molecule has 0 aliphatic heterocycles. The molecule has 7 nitrogen and oxygen atoms in total. The van der Waals surface area contributed by atoms with Crippen LogP contribution >= 0.6 is 31.9 Å². The molecule has 4 rings (SSSR count). The maximum atomic E-state index is 12.9. The summed E-state index contributed by atoms with van der Waals surface area (Å²) in [5.41, 5.74) is 4.18. The Bertz CT molecular complexity index is 1370. The van der Waals surface area contributed by atoms with E-state index in [0.29, 0.717) is 22.6 Å². The first-order valence-corrected chi connectivity index (χ1v) is 11.5. The van der Waals surface area contributed by atoms with E-state index in [1.54, 1.807) is 30.3 Å². The van der Waals surface area contributed by atoms with Gasteiger partial charge in [0.2, 0.25) is 0 Å². The van der Waals surface area contributed by atoms with Gasteiger partial charge in [-0.2, -0.15) is 5.10 Å². The number of benzene rings is 3. The average molecular weight is 589 g/mol. The van der Waals surface area contributed by atoms with E-state index in [4.69, 9.17) is 9.15 Å². The van der Waals surface area contributed by atoms with Crippen LogP contribution in [0.2, 0.25) is 0 Å². The molecule has 0 aliphatic carbocycles. The first-order valence-electron chi connectivity index (χ1n) is 9.88. The van der Waals surface area contributed by atoms with Crippen LogP contribution in [0.15, 0.2) is 85.2 Å². The number of ether oxygens (including phenoxy) is 1. The first kappa shape index (κ1) is 23.7. The highest BCUT2D eigenvalue weighted by atomic mass is 79.9. The lowest BCUT2D eigenvalue weighted by Crippen LogP contribution is -2.20. The summed E-state index contributed by atoms with van der Waals surface area (Å²) in [6, 6.07) is 17.5. The number of furan rings is 1. The fourth-order valence-electron chi connectivity index (χ4n) is 2.94. The topological polar surface area (TPSA) is 92.9 Å². The maximum Gasteiger partial charge on any atom is 0.307 e. The van der Waals surface area contributed by atoms with E-state index in [1.165, 1.54) is 30.5 Å². The molecule has 172 valence electrons. The second kappa shape index (κ2) is 10.6. The van der Waals surface area contributed by atoms with Crippen molar-refractivity contribution < 1.29 is 23.1 Å². The standard InChI is InChI=1S/C24H16Br2FN3O4/c25-16-9-15-10-21(34-23(15)20(26)11-16)24(32)30-28-12-14-1-7-19(8-2-14)33-13-22(31)29-18-5-3-17(27)4-6-18/h1-12H,13H2,(H,29,31)(H,30,32)/b28-12-. The molecule has 10 heteroatoms. The third-order valence-electron chi connectivity index (χ3n) is 4.52. The average Bonchev–Trinajstić information content (AvgIpc) is 3.25. The van der Waals surface area contributed by atoms with E-state index in [-0.39, 0.29) is 24.1 Å². The molecule has 0 radical (unpaired) electrons. The summed E-state index contributed by atoms with van der Waals surface area (Å²) in [6.45, 7) is -0.203. The molecule has 3 aromatic carbocycles. The van der Waals surface area contributed by atoms with E-state index in [9.17, 15) is 14.0 Å². The molecule has 0 fully saturated rings. The zero-order chi connectivity index (χ0) is 24.1. The minimum absolute atomic E-state index is 0.133. The van der Waals surface area contributed by atoms with Gasteiger partial charge >= 0.3 is 5.91 Å². The van der Waals surface area contributed by atoms with Crippen LogP contribution in [-0.2, 0) is 4.79 Å². The number of nitrogens with zero attached hydrogens (tertiary/aromatic N) is 1. The molecule has 0 saturated carbocycles. The molecule has 0 unspecified atom stereocenters. The second-order valence-electron chi connectivity index (χ2n) is 7.03. The van der Waals surface area contributed by atoms with Crippen molar-refractivity contribution in [1.29, 1.82) is 0 Å². The third kappa shape index (κ3) is 6.09. The Morgan fingerprint density at radius 1 is 1.03 bits per heavy atom. The highest BCUT2D eigenvalue weighted by Gasteiger charge is 2.14. The number of carbonyl (C=O) groups excluding carboxylic acids is 2. The number of hydrogen-bond acceptors (Lipinski definition) is 5. The molecule has 1 aromatic heterocycles. The number of fused-ring (bicyclic) bond motifs is 1. The quantitative estimate of drug-likeness (QED) is 0.208. The van der Waals surface area contributed by atoms with Gasteiger partial charge in [-0.3, -0.25) is 9.59 Å². The van der Waals surface area contributed by atoms with Gasteiger partial charge in [0.05, 0.1) is 10.7 Å². The number of rotatable bonds is 7. The van der Waals surface area contributed by atoms with Crippen LogP contribution in [0.4, 0.5) is 10.1 Å². The summed E-state index contributed by atoms with van der Waals surface area (Å²) in [5, 5.41) is 7.34. The van der Waals surface area contributed by atoms with Crippen molar-refractivity contribution in [3.63, 3.8) is 0 Å². The number of hydrazone groups is 1. The largest absolute Gasteiger partial charge is 0.484 e. The molecule has 0 saturated heterocycles. The number of anilines is 1. The zero-order valence-corrected chi connectivity index (χ0v) is 20.5. The lowest BCUT2D eigenvalue weighted by atomic mass is 10.2. The van der Waals surface area contributed by atoms with E-state index in [1.807, 2.05) is 12.1 Å². The Morgan fingerprint density at radius 2 is 1.76 bits per heavy atom. The van der Waals surface area contributed by atoms with Gasteiger partial charge in [0.15, 0.2) is 12.4 Å². The zero-order valence-electron chi connectivity index (χ0n) is 17.3. The molecule has 0 bridgehead atoms. The normalized spacial score (nSPS) is 11.0. The Hall–Kier alpha value is -3.50. The van der Waals surface area contributed by atoms with E-state index in [2.05, 4.69) is 47.7 Å². The molecule has 0 atom stereocenters. The molecule has 0 aliphatic rings. The maximum absolute atomic E-state index is 12.9. The Kier molecular flexibility index (Phi) is 7.39. The van der Waals surface area contributed by atoms with Crippen molar-refractivity contribution in [2.24, 2.45) is 5.10 Å². The SMILES string of the molecule is O=C(COc1ccc(/C=N\NC(=O)c2cc3cc(Br)cc(Br)c3o2)cc1)Nc1ccc(F)cc1. The van der Waals surface area contributed by atoms with Crippen LogP contribution < -0.4 is 15.5 Å². The number of halogens is 3. The van der Waals surface area contributed by atoms with Crippen LogP contribution in [0.3, 0.4) is 0 Å². The van der Waals surface area contributed by atoms with Gasteiger partial charge in [-0.15, -0.1) is 0 Å². The molecular formula is C24H16Br2FN3O4. The number of amides is 2. The van der Waals surface area contributed by atoms with Crippen LogP contribution in [0.25, 0.3) is 11.0 Å². The summed E-state index contributed by atoms with van der Waals surface area (Å²) >= 11 is 6.80. The molecule has 2 N–H and O–H groups in total. The molecule has 2 amide bonds. The van der Waals surface area contributed by atoms with Crippen molar-refractivity contribution in [3.8, 4) is 5.75 Å². The second-order valence-corrected chi connectivity index (χ2v) is 8.80. The van der Waals surface area contributed by atoms with Gasteiger partial charge < -0.3 is 14.5 Å². The van der Waals surface area contributed by atoms with Crippen molar-refractivity contribution in [2.45, 2.75) is 0 Å². The van der Waals surface area contributed by atoms with Crippen LogP contribution in [0.5, 0.6) is 5.75 Å². The van der Waals surface area contributed by atoms with Crippen molar-refractivity contribution in [3.05, 3.63) is 92.8 Å². The molecule has 34 heavy (non-hydrogen) atoms. The Labute approximate surface area is 210 Å². The fraction of sp³-hybridized carbons (Fsp3) is 0.0417. The predicted octanol–water partition coefficient (Wildman–Crippen LogP) is 5.88. The smallest absolute Gasteiger partial charge is 0.307 e. The first-order chi connectivity index (χ1) is 16.4. The van der Waals surface area contributed by atoms with Gasteiger partial charge in [-0.25, -0.2) is 9.82 Å². The number of carbonyl (C=O) groups is 2. The lowest BCUT2D eigenvalue weighted by molar-refractivity contribution is -0.118. The molecule has 4 aromatic rings. The highest BCUT2D eigenvalue weighted by molar-refractivity contribution is 9.11. The van der Waals surface area contributed by atoms with Crippen molar-refractivity contribution >= 4 is 66.5 Å². The summed E-state index contributed by atoms with van der Waals surface area (Å²) < 4.78 is 25.6. The summed E-state index contributed by atoms with van der Waals surface area (Å²) in [4.78, 5) is 24.3. The van der Waals surface area contributed by atoms with Gasteiger partial charge in [0, 0.05) is 15.5 Å².